The fourth-order valence-electron chi connectivity index (χ4n) is 4.56. The summed E-state index contributed by atoms with van der Waals surface area (Å²) in [6, 6.07) is 1.92. The Morgan fingerprint density at radius 3 is 2.60 bits per heavy atom. The highest BCUT2D eigenvalue weighted by Gasteiger charge is 2.53. The second-order valence-corrected chi connectivity index (χ2v) is 13.1. The number of benzene rings is 1. The monoisotopic (exact) mass is 718 g/mol. The third-order valence-electron chi connectivity index (χ3n) is 7.11. The van der Waals surface area contributed by atoms with Crippen molar-refractivity contribution in [3.63, 3.8) is 0 Å². The van der Waals surface area contributed by atoms with Crippen LogP contribution in [0.3, 0.4) is 0 Å². The number of carbonyl (C=O) groups is 4. The van der Waals surface area contributed by atoms with Crippen LogP contribution < -0.4 is 38.1 Å². The van der Waals surface area contributed by atoms with Gasteiger partial charge in [-0.25, -0.2) is 9.78 Å². The van der Waals surface area contributed by atoms with Crippen molar-refractivity contribution in [1.29, 1.82) is 0 Å². The summed E-state index contributed by atoms with van der Waals surface area (Å²) in [4.78, 5) is 65.3. The Morgan fingerprint density at radius 2 is 1.98 bits per heavy atom. The lowest BCUT2D eigenvalue weighted by Crippen LogP contribution is -2.71. The van der Waals surface area contributed by atoms with Crippen LogP contribution in [0.4, 0.5) is 16.8 Å². The van der Waals surface area contributed by atoms with Crippen molar-refractivity contribution in [2.75, 3.05) is 34.5 Å². The average Bonchev–Trinajstić information content (AvgIpc) is 3.47. The zero-order valence-electron chi connectivity index (χ0n) is 24.5. The third kappa shape index (κ3) is 6.39. The molecule has 252 valence electrons. The summed E-state index contributed by atoms with van der Waals surface area (Å²) < 4.78 is 1.11. The van der Waals surface area contributed by atoms with E-state index in [0.717, 1.165) is 50.9 Å². The van der Waals surface area contributed by atoms with Crippen molar-refractivity contribution in [1.82, 2.24) is 20.2 Å². The molecule has 3 aromatic rings. The first-order valence-electron chi connectivity index (χ1n) is 13.4. The Balaban J connectivity index is 1.36. The number of oxime groups is 1. The molecular formula is C26H26N10O9S3. The summed E-state index contributed by atoms with van der Waals surface area (Å²) in [5, 5.41) is 48.2. The van der Waals surface area contributed by atoms with Crippen LogP contribution >= 0.6 is 34.9 Å². The molecule has 48 heavy (non-hydrogen) atoms. The number of carboxylic acids is 2. The first-order valence-corrected chi connectivity index (χ1v) is 16.3. The van der Waals surface area contributed by atoms with Crippen molar-refractivity contribution in [3.05, 3.63) is 51.7 Å². The van der Waals surface area contributed by atoms with Crippen molar-refractivity contribution in [2.24, 2.45) is 5.16 Å². The van der Waals surface area contributed by atoms with E-state index >= 15 is 0 Å². The lowest BCUT2D eigenvalue weighted by atomic mass is 10.0. The van der Waals surface area contributed by atoms with Gasteiger partial charge in [-0.3, -0.25) is 20.3 Å². The number of amides is 2. The standard InChI is InChI=1S/C26H26N10O9S3/c1-8-18(27)33-26(36(30)19(8)28)48-6-10-5-46-22-15(21(40)35(22)16(10)23(41)42)32-20(39)14(11-7-47-25(29)31-11)34-45-17(24(43)44)9-2-3-12(37)13(38)4-9/h2-4,7,15,17,22H,5-6,30H2,1H3,(H10,27,28,29,31,32,34,37,38,39,41,42,43,44). The molecular weight excluding hydrogens is 693 g/mol. The Hall–Kier alpha value is -5.48. The van der Waals surface area contributed by atoms with Gasteiger partial charge in [0.2, 0.25) is 17.7 Å². The summed E-state index contributed by atoms with van der Waals surface area (Å²) in [6.45, 7) is 1.64. The van der Waals surface area contributed by atoms with Gasteiger partial charge in [-0.05, 0) is 36.4 Å². The number of phenolic OH excluding ortho intramolecular Hbond substituents is 2. The predicted molar refractivity (Wildman–Crippen MR) is 170 cm³/mol. The van der Waals surface area contributed by atoms with Gasteiger partial charge in [0.25, 0.3) is 11.8 Å². The molecule has 0 radical (unpaired) electrons. The van der Waals surface area contributed by atoms with Crippen LogP contribution in [0.25, 0.3) is 0 Å². The molecule has 19 nitrogen and oxygen atoms in total. The molecule has 0 spiro atoms. The molecule has 2 amide bonds. The van der Waals surface area contributed by atoms with Crippen molar-refractivity contribution in [3.8, 4) is 11.5 Å². The quantitative estimate of drug-likeness (QED) is 0.0152. The molecule has 3 atom stereocenters. The number of nitrogens with zero attached hydrogens (tertiary/aromatic N) is 5. The summed E-state index contributed by atoms with van der Waals surface area (Å²) >= 11 is 3.16. The number of aromatic hydroxyl groups is 2. The molecule has 1 fully saturated rings. The molecule has 5 rings (SSSR count). The molecule has 2 aliphatic heterocycles. The van der Waals surface area contributed by atoms with Gasteiger partial charge in [-0.1, -0.05) is 16.2 Å². The second kappa shape index (κ2) is 13.3. The van der Waals surface area contributed by atoms with Crippen molar-refractivity contribution >= 4 is 81.1 Å². The van der Waals surface area contributed by atoms with Crippen LogP contribution in [0, 0.1) is 6.92 Å². The maximum atomic E-state index is 13.5. The van der Waals surface area contributed by atoms with Gasteiger partial charge in [0.1, 0.15) is 17.1 Å². The molecule has 0 bridgehead atoms. The smallest absolute Gasteiger partial charge is 0.352 e. The summed E-state index contributed by atoms with van der Waals surface area (Å²) in [5.74, 6) is 0.414. The minimum Gasteiger partial charge on any atom is -0.543 e. The number of phenols is 2. The number of nitrogens with two attached hydrogens (primary N) is 4. The van der Waals surface area contributed by atoms with E-state index < -0.39 is 58.5 Å². The van der Waals surface area contributed by atoms with Gasteiger partial charge >= 0.3 is 11.1 Å². The summed E-state index contributed by atoms with van der Waals surface area (Å²) in [7, 11) is 0. The zero-order chi connectivity index (χ0) is 35.0. The van der Waals surface area contributed by atoms with Gasteiger partial charge < -0.3 is 52.6 Å². The van der Waals surface area contributed by atoms with E-state index in [1.54, 1.807) is 6.92 Å². The first kappa shape index (κ1) is 33.9. The minimum absolute atomic E-state index is 0.0398. The van der Waals surface area contributed by atoms with E-state index in [0.29, 0.717) is 11.1 Å². The maximum absolute atomic E-state index is 13.5. The molecule has 12 N–H and O–H groups in total. The molecule has 22 heteroatoms. The van der Waals surface area contributed by atoms with Crippen LogP contribution in [-0.2, 0) is 24.0 Å². The van der Waals surface area contributed by atoms with Crippen molar-refractivity contribution < 1.29 is 49.1 Å². The Kier molecular flexibility index (Phi) is 9.40. The van der Waals surface area contributed by atoms with E-state index in [1.807, 2.05) is 0 Å². The number of β-lactam (4-membered cyclic amide) rings is 1. The number of hydrogen-bond acceptors (Lipinski definition) is 18. The van der Waals surface area contributed by atoms with Gasteiger partial charge in [-0.2, -0.15) is 0 Å². The third-order valence-corrected chi connectivity index (χ3v) is 10.2. The molecule has 0 aliphatic carbocycles. The number of nitrogens with one attached hydrogen (secondary N) is 1. The lowest BCUT2D eigenvalue weighted by Gasteiger charge is -2.50. The maximum Gasteiger partial charge on any atom is 0.352 e. The van der Waals surface area contributed by atoms with Crippen LogP contribution in [0.15, 0.2) is 45.2 Å². The number of thioether (sulfide) groups is 2. The Morgan fingerprint density at radius 1 is 1.25 bits per heavy atom. The largest absolute Gasteiger partial charge is 0.543 e. The zero-order valence-corrected chi connectivity index (χ0v) is 27.0. The summed E-state index contributed by atoms with van der Waals surface area (Å²) in [5.41, 5.74) is 17.2. The topological polar surface area (TPSA) is 323 Å². The number of aromatic nitrogens is 3. The highest BCUT2D eigenvalue weighted by atomic mass is 32.2. The highest BCUT2D eigenvalue weighted by molar-refractivity contribution is 8.01. The van der Waals surface area contributed by atoms with Gasteiger partial charge in [0.15, 0.2) is 22.3 Å². The van der Waals surface area contributed by atoms with Crippen LogP contribution in [0.2, 0.25) is 0 Å². The number of aliphatic carboxylic acids is 2. The van der Waals surface area contributed by atoms with Crippen LogP contribution in [0.1, 0.15) is 22.9 Å². The minimum atomic E-state index is -1.84. The number of fused-ring (bicyclic) bond motifs is 1. The number of nitrogen functional groups attached to an aromatic ring is 4. The second-order valence-electron chi connectivity index (χ2n) is 10.1. The molecule has 2 aromatic heterocycles. The fraction of sp³-hybridized carbons (Fsp3) is 0.231. The highest BCUT2D eigenvalue weighted by Crippen LogP contribution is 2.41. The molecule has 2 aliphatic rings. The molecule has 0 saturated carbocycles. The molecule has 4 heterocycles. The van der Waals surface area contributed by atoms with Crippen LogP contribution in [0.5, 0.6) is 11.5 Å². The normalized spacial score (nSPS) is 18.1. The van der Waals surface area contributed by atoms with E-state index in [2.05, 4.69) is 20.4 Å². The number of thiazole rings is 1. The Bertz CT molecular complexity index is 1920. The van der Waals surface area contributed by atoms with Gasteiger partial charge in [0, 0.05) is 22.4 Å². The van der Waals surface area contributed by atoms with Gasteiger partial charge in [-0.15, -0.1) is 27.8 Å². The molecule has 1 saturated heterocycles. The SMILES string of the molecule is Cc1c(N)nc(SCC2=C(C(=O)[O-])N3C(=O)C(NC(=O)/C(=N\OC(C(=O)O)c4ccc(O)c(O)c4)c4csc(N)n4)C3SC2)[n+](N)c1N. The number of hydrogen-bond donors (Lipinski definition) is 8. The first-order chi connectivity index (χ1) is 22.7. The molecule has 3 unspecified atom stereocenters. The van der Waals surface area contributed by atoms with Gasteiger partial charge in [0.05, 0.1) is 17.2 Å². The fourth-order valence-corrected chi connectivity index (χ4v) is 7.53. The van der Waals surface area contributed by atoms with E-state index in [4.69, 9.17) is 27.9 Å². The number of carbonyl (C=O) groups excluding carboxylic acids is 3. The van der Waals surface area contributed by atoms with Crippen molar-refractivity contribution in [2.45, 2.75) is 29.6 Å². The van der Waals surface area contributed by atoms with E-state index in [1.165, 1.54) is 17.1 Å². The van der Waals surface area contributed by atoms with E-state index in [-0.39, 0.29) is 50.4 Å². The predicted octanol–water partition coefficient (Wildman–Crippen LogP) is -2.25. The summed E-state index contributed by atoms with van der Waals surface area (Å²) in [6.07, 6.45) is -1.84. The number of anilines is 3. The average molecular weight is 719 g/mol. The van der Waals surface area contributed by atoms with Crippen LogP contribution in [-0.4, -0.2) is 82.6 Å². The number of carboxylic acid groups (broad SMARTS) is 2. The van der Waals surface area contributed by atoms with E-state index in [9.17, 15) is 39.6 Å². The molecule has 1 aromatic carbocycles. The number of rotatable bonds is 11. The Labute approximate surface area is 282 Å². The lowest BCUT2D eigenvalue weighted by molar-refractivity contribution is -0.667.